The Morgan fingerprint density at radius 2 is 1.93 bits per heavy atom. The van der Waals surface area contributed by atoms with Crippen LogP contribution in [0.15, 0.2) is 48.8 Å². The van der Waals surface area contributed by atoms with Crippen molar-refractivity contribution in [1.29, 1.82) is 0 Å². The van der Waals surface area contributed by atoms with Crippen LogP contribution in [0.25, 0.3) is 10.9 Å². The molecule has 2 N–H and O–H groups in total. The van der Waals surface area contributed by atoms with Crippen LogP contribution in [0.2, 0.25) is 0 Å². The van der Waals surface area contributed by atoms with Crippen LogP contribution in [0.1, 0.15) is 12.8 Å². The van der Waals surface area contributed by atoms with Gasteiger partial charge in [0.2, 0.25) is 5.91 Å². The molecule has 0 aliphatic heterocycles. The van der Waals surface area contributed by atoms with Crippen molar-refractivity contribution in [2.24, 2.45) is 5.92 Å². The second-order valence-corrected chi connectivity index (χ2v) is 6.71. The molecule has 0 unspecified atom stereocenters. The van der Waals surface area contributed by atoms with Gasteiger partial charge in [-0.15, -0.1) is 0 Å². The number of carbonyl (C=O) groups excluding carboxylic acids is 2. The maximum Gasteiger partial charge on any atom is 0.325 e. The second kappa shape index (κ2) is 6.75. The van der Waals surface area contributed by atoms with Crippen LogP contribution in [0.5, 0.6) is 0 Å². The molecule has 0 bridgehead atoms. The molecule has 1 aromatic carbocycles. The lowest BCUT2D eigenvalue weighted by Crippen LogP contribution is -2.23. The SMILES string of the molecule is CNC(=O)n1ccc2cc(N(C)c3ccnc(NC(=O)C4CC4)c3)ccc21. The highest BCUT2D eigenvalue weighted by Crippen LogP contribution is 2.31. The summed E-state index contributed by atoms with van der Waals surface area (Å²) in [6, 6.07) is 11.4. The number of benzene rings is 1. The summed E-state index contributed by atoms with van der Waals surface area (Å²) in [5.41, 5.74) is 2.74. The molecule has 0 saturated heterocycles. The van der Waals surface area contributed by atoms with Gasteiger partial charge in [-0.2, -0.15) is 0 Å². The summed E-state index contributed by atoms with van der Waals surface area (Å²) in [7, 11) is 3.57. The number of hydrogen-bond donors (Lipinski definition) is 2. The van der Waals surface area contributed by atoms with Gasteiger partial charge in [0.1, 0.15) is 5.82 Å². The van der Waals surface area contributed by atoms with E-state index in [2.05, 4.69) is 15.6 Å². The van der Waals surface area contributed by atoms with E-state index in [-0.39, 0.29) is 17.9 Å². The molecular weight excluding hydrogens is 342 g/mol. The highest BCUT2D eigenvalue weighted by molar-refractivity contribution is 5.94. The molecule has 138 valence electrons. The Morgan fingerprint density at radius 3 is 2.67 bits per heavy atom. The van der Waals surface area contributed by atoms with Crippen molar-refractivity contribution in [3.8, 4) is 0 Å². The molecule has 7 heteroatoms. The van der Waals surface area contributed by atoms with Gasteiger partial charge in [-0.1, -0.05) is 0 Å². The van der Waals surface area contributed by atoms with Gasteiger partial charge in [0.15, 0.2) is 0 Å². The Kier molecular flexibility index (Phi) is 4.27. The van der Waals surface area contributed by atoms with Gasteiger partial charge in [0.25, 0.3) is 0 Å². The lowest BCUT2D eigenvalue weighted by molar-refractivity contribution is -0.117. The number of carbonyl (C=O) groups is 2. The number of hydrogen-bond acceptors (Lipinski definition) is 4. The van der Waals surface area contributed by atoms with E-state index < -0.39 is 0 Å². The van der Waals surface area contributed by atoms with Crippen molar-refractivity contribution in [1.82, 2.24) is 14.9 Å². The van der Waals surface area contributed by atoms with Gasteiger partial charge in [-0.3, -0.25) is 9.36 Å². The predicted octanol–water partition coefficient (Wildman–Crippen LogP) is 3.34. The molecule has 27 heavy (non-hydrogen) atoms. The van der Waals surface area contributed by atoms with Crippen molar-refractivity contribution >= 4 is 40.0 Å². The first-order chi connectivity index (χ1) is 13.1. The standard InChI is InChI=1S/C20H21N5O2/c1-21-20(27)25-10-8-14-11-15(5-6-17(14)25)24(2)16-7-9-22-18(12-16)23-19(26)13-3-4-13/h5-13H,3-4H2,1-2H3,(H,21,27)(H,22,23,26). The molecule has 0 atom stereocenters. The zero-order valence-corrected chi connectivity index (χ0v) is 15.3. The van der Waals surface area contributed by atoms with Crippen LogP contribution in [-0.4, -0.2) is 35.6 Å². The first kappa shape index (κ1) is 17.1. The van der Waals surface area contributed by atoms with Crippen molar-refractivity contribution in [3.05, 3.63) is 48.8 Å². The Hall–Kier alpha value is -3.35. The van der Waals surface area contributed by atoms with Crippen LogP contribution in [0.4, 0.5) is 22.0 Å². The number of aromatic nitrogens is 2. The lowest BCUT2D eigenvalue weighted by Gasteiger charge is -2.20. The van der Waals surface area contributed by atoms with Crippen molar-refractivity contribution in [2.45, 2.75) is 12.8 Å². The average molecular weight is 363 g/mol. The summed E-state index contributed by atoms with van der Waals surface area (Å²) in [6.45, 7) is 0. The van der Waals surface area contributed by atoms with Crippen LogP contribution in [0.3, 0.4) is 0 Å². The summed E-state index contributed by atoms with van der Waals surface area (Å²) in [5.74, 6) is 0.738. The first-order valence-electron chi connectivity index (χ1n) is 8.90. The van der Waals surface area contributed by atoms with Gasteiger partial charge >= 0.3 is 6.03 Å². The third kappa shape index (κ3) is 3.36. The number of nitrogens with zero attached hydrogens (tertiary/aromatic N) is 3. The highest BCUT2D eigenvalue weighted by atomic mass is 16.2. The predicted molar refractivity (Wildman–Crippen MR) is 105 cm³/mol. The largest absolute Gasteiger partial charge is 0.344 e. The van der Waals surface area contributed by atoms with Crippen molar-refractivity contribution in [3.63, 3.8) is 0 Å². The molecule has 1 aliphatic rings. The summed E-state index contributed by atoms with van der Waals surface area (Å²) in [6.07, 6.45) is 5.36. The van der Waals surface area contributed by atoms with E-state index in [0.29, 0.717) is 5.82 Å². The summed E-state index contributed by atoms with van der Waals surface area (Å²) >= 11 is 0. The van der Waals surface area contributed by atoms with Gasteiger partial charge in [0.05, 0.1) is 5.52 Å². The summed E-state index contributed by atoms with van der Waals surface area (Å²) in [4.78, 5) is 30.1. The third-order valence-corrected chi connectivity index (χ3v) is 4.82. The molecule has 1 saturated carbocycles. The Labute approximate surface area is 157 Å². The Balaban J connectivity index is 1.59. The molecule has 1 fully saturated rings. The second-order valence-electron chi connectivity index (χ2n) is 6.71. The summed E-state index contributed by atoms with van der Waals surface area (Å²) in [5, 5.41) is 6.48. The topological polar surface area (TPSA) is 79.3 Å². The zero-order valence-electron chi connectivity index (χ0n) is 15.3. The Morgan fingerprint density at radius 1 is 1.15 bits per heavy atom. The normalized spacial score (nSPS) is 13.4. The number of rotatable bonds is 4. The molecule has 2 heterocycles. The smallest absolute Gasteiger partial charge is 0.325 e. The van der Waals surface area contributed by atoms with Crippen molar-refractivity contribution in [2.75, 3.05) is 24.3 Å². The molecule has 7 nitrogen and oxygen atoms in total. The minimum atomic E-state index is -0.170. The maximum atomic E-state index is 12.0. The number of fused-ring (bicyclic) bond motifs is 1. The third-order valence-electron chi connectivity index (χ3n) is 4.82. The monoisotopic (exact) mass is 363 g/mol. The van der Waals surface area contributed by atoms with E-state index in [1.54, 1.807) is 24.0 Å². The van der Waals surface area contributed by atoms with Crippen LogP contribution < -0.4 is 15.5 Å². The highest BCUT2D eigenvalue weighted by Gasteiger charge is 2.29. The van der Waals surface area contributed by atoms with E-state index in [9.17, 15) is 9.59 Å². The molecule has 2 amide bonds. The first-order valence-corrected chi connectivity index (χ1v) is 8.90. The Bertz CT molecular complexity index is 1020. The number of amides is 2. The molecule has 3 aromatic rings. The minimum Gasteiger partial charge on any atom is -0.344 e. The number of pyridine rings is 1. The molecule has 2 aromatic heterocycles. The van der Waals surface area contributed by atoms with Crippen molar-refractivity contribution < 1.29 is 9.59 Å². The fourth-order valence-corrected chi connectivity index (χ4v) is 3.06. The zero-order chi connectivity index (χ0) is 19.0. The number of anilines is 3. The van der Waals surface area contributed by atoms with Crippen LogP contribution >= 0.6 is 0 Å². The number of nitrogens with one attached hydrogen (secondary N) is 2. The van der Waals surface area contributed by atoms with Crippen LogP contribution in [-0.2, 0) is 4.79 Å². The fourth-order valence-electron chi connectivity index (χ4n) is 3.06. The van der Waals surface area contributed by atoms with E-state index in [4.69, 9.17) is 0 Å². The van der Waals surface area contributed by atoms with Crippen LogP contribution in [0, 0.1) is 5.92 Å². The maximum absolute atomic E-state index is 12.0. The molecule has 0 spiro atoms. The molecule has 0 radical (unpaired) electrons. The average Bonchev–Trinajstić information content (AvgIpc) is 3.46. The van der Waals surface area contributed by atoms with E-state index >= 15 is 0 Å². The van der Waals surface area contributed by atoms with Gasteiger partial charge in [-0.25, -0.2) is 9.78 Å². The molecule has 1 aliphatic carbocycles. The molecule has 4 rings (SSSR count). The van der Waals surface area contributed by atoms with E-state index in [1.807, 2.05) is 48.3 Å². The minimum absolute atomic E-state index is 0.0410. The van der Waals surface area contributed by atoms with E-state index in [0.717, 1.165) is 35.1 Å². The van der Waals surface area contributed by atoms with Gasteiger partial charge < -0.3 is 15.5 Å². The van der Waals surface area contributed by atoms with Gasteiger partial charge in [0, 0.05) is 55.2 Å². The quantitative estimate of drug-likeness (QED) is 0.745. The lowest BCUT2D eigenvalue weighted by atomic mass is 10.2. The van der Waals surface area contributed by atoms with E-state index in [1.165, 1.54) is 0 Å². The van der Waals surface area contributed by atoms with Gasteiger partial charge in [-0.05, 0) is 43.2 Å². The molecular formula is C20H21N5O2. The fraction of sp³-hybridized carbons (Fsp3) is 0.250. The summed E-state index contributed by atoms with van der Waals surface area (Å²) < 4.78 is 1.58.